The molecule has 0 spiro atoms. The van der Waals surface area contributed by atoms with Crippen molar-refractivity contribution in [2.75, 3.05) is 5.32 Å². The quantitative estimate of drug-likeness (QED) is 0.850. The molecule has 7 heteroatoms. The molecule has 0 aliphatic carbocycles. The van der Waals surface area contributed by atoms with Crippen molar-refractivity contribution >= 4 is 11.5 Å². The van der Waals surface area contributed by atoms with Gasteiger partial charge < -0.3 is 5.32 Å². The third kappa shape index (κ3) is 2.85. The molecule has 0 saturated carbocycles. The Morgan fingerprint density at radius 2 is 1.95 bits per heavy atom. The van der Waals surface area contributed by atoms with Crippen LogP contribution in [0.1, 0.15) is 11.1 Å². The summed E-state index contributed by atoms with van der Waals surface area (Å²) < 4.78 is 50.9. The molecule has 1 aromatic carbocycles. The van der Waals surface area contributed by atoms with E-state index in [2.05, 4.69) is 10.3 Å². The van der Waals surface area contributed by atoms with Gasteiger partial charge >= 0.3 is 6.18 Å². The molecule has 3 nitrogen and oxygen atoms in total. The van der Waals surface area contributed by atoms with E-state index >= 15 is 0 Å². The fourth-order valence-electron chi connectivity index (χ4n) is 1.55. The van der Waals surface area contributed by atoms with E-state index in [0.29, 0.717) is 12.1 Å². The van der Waals surface area contributed by atoms with Gasteiger partial charge in [0.1, 0.15) is 17.7 Å². The summed E-state index contributed by atoms with van der Waals surface area (Å²) in [5.74, 6) is -1.25. The zero-order valence-corrected chi connectivity index (χ0v) is 9.87. The van der Waals surface area contributed by atoms with E-state index < -0.39 is 17.6 Å². The maximum Gasteiger partial charge on any atom is 0.419 e. The van der Waals surface area contributed by atoms with Gasteiger partial charge in [0.25, 0.3) is 0 Å². The van der Waals surface area contributed by atoms with E-state index in [0.717, 1.165) is 6.07 Å². The molecule has 1 N–H and O–H groups in total. The molecular weight excluding hydrogens is 274 g/mol. The number of nitriles is 1. The standard InChI is InChI=1S/C13H7F4N3/c14-11-4-3-9(6-10(11)13(15,16)17)20-12-8(7-18)2-1-5-19-12/h1-6H,(H,19,20). The minimum Gasteiger partial charge on any atom is -0.339 e. The molecule has 20 heavy (non-hydrogen) atoms. The van der Waals surface area contributed by atoms with Crippen LogP contribution in [0, 0.1) is 17.1 Å². The Labute approximate surface area is 111 Å². The number of rotatable bonds is 2. The van der Waals surface area contributed by atoms with Crippen molar-refractivity contribution in [3.8, 4) is 6.07 Å². The highest BCUT2D eigenvalue weighted by Gasteiger charge is 2.34. The first kappa shape index (κ1) is 13.8. The third-order valence-corrected chi connectivity index (χ3v) is 2.46. The molecule has 0 aliphatic heterocycles. The average molecular weight is 281 g/mol. The van der Waals surface area contributed by atoms with Gasteiger partial charge in [-0.3, -0.25) is 0 Å². The second-order valence-electron chi connectivity index (χ2n) is 3.83. The maximum atomic E-state index is 13.1. The first-order valence-corrected chi connectivity index (χ1v) is 5.40. The van der Waals surface area contributed by atoms with Crippen LogP contribution in [-0.4, -0.2) is 4.98 Å². The lowest BCUT2D eigenvalue weighted by Crippen LogP contribution is -2.09. The van der Waals surface area contributed by atoms with Crippen LogP contribution in [0.5, 0.6) is 0 Å². The van der Waals surface area contributed by atoms with Gasteiger partial charge in [-0.05, 0) is 30.3 Å². The monoisotopic (exact) mass is 281 g/mol. The number of hydrogen-bond acceptors (Lipinski definition) is 3. The molecule has 0 amide bonds. The van der Waals surface area contributed by atoms with Crippen molar-refractivity contribution in [3.05, 3.63) is 53.5 Å². The summed E-state index contributed by atoms with van der Waals surface area (Å²) in [5.41, 5.74) is -1.21. The van der Waals surface area contributed by atoms with Crippen molar-refractivity contribution in [2.24, 2.45) is 0 Å². The normalized spacial score (nSPS) is 10.9. The van der Waals surface area contributed by atoms with Gasteiger partial charge in [0.15, 0.2) is 0 Å². The first-order valence-electron chi connectivity index (χ1n) is 5.40. The highest BCUT2D eigenvalue weighted by molar-refractivity contribution is 5.63. The second-order valence-corrected chi connectivity index (χ2v) is 3.83. The van der Waals surface area contributed by atoms with Crippen LogP contribution in [0.25, 0.3) is 0 Å². The summed E-state index contributed by atoms with van der Waals surface area (Å²) in [7, 11) is 0. The van der Waals surface area contributed by atoms with Crippen LogP contribution in [0.2, 0.25) is 0 Å². The predicted octanol–water partition coefficient (Wildman–Crippen LogP) is 3.85. The Balaban J connectivity index is 2.38. The molecule has 0 unspecified atom stereocenters. The van der Waals surface area contributed by atoms with Crippen LogP contribution in [0.3, 0.4) is 0 Å². The van der Waals surface area contributed by atoms with Crippen molar-refractivity contribution < 1.29 is 17.6 Å². The Kier molecular flexibility index (Phi) is 3.57. The highest BCUT2D eigenvalue weighted by Crippen LogP contribution is 2.33. The molecule has 0 saturated heterocycles. The Bertz CT molecular complexity index is 674. The van der Waals surface area contributed by atoms with Crippen molar-refractivity contribution in [1.29, 1.82) is 5.26 Å². The fraction of sp³-hybridized carbons (Fsp3) is 0.0769. The molecule has 2 rings (SSSR count). The summed E-state index contributed by atoms with van der Waals surface area (Å²) in [6.07, 6.45) is -3.40. The lowest BCUT2D eigenvalue weighted by atomic mass is 10.1. The van der Waals surface area contributed by atoms with E-state index in [1.165, 1.54) is 18.3 Å². The largest absolute Gasteiger partial charge is 0.419 e. The van der Waals surface area contributed by atoms with Gasteiger partial charge in [0.2, 0.25) is 0 Å². The number of nitrogens with zero attached hydrogens (tertiary/aromatic N) is 2. The number of anilines is 2. The van der Waals surface area contributed by atoms with E-state index in [-0.39, 0.29) is 17.1 Å². The van der Waals surface area contributed by atoms with Gasteiger partial charge in [-0.1, -0.05) is 0 Å². The molecule has 1 aromatic heterocycles. The van der Waals surface area contributed by atoms with Gasteiger partial charge in [-0.15, -0.1) is 0 Å². The number of hydrogen-bond donors (Lipinski definition) is 1. The molecule has 0 bridgehead atoms. The van der Waals surface area contributed by atoms with Gasteiger partial charge in [0, 0.05) is 11.9 Å². The molecule has 102 valence electrons. The summed E-state index contributed by atoms with van der Waals surface area (Å²) in [6.45, 7) is 0. The fourth-order valence-corrected chi connectivity index (χ4v) is 1.55. The van der Waals surface area contributed by atoms with E-state index in [4.69, 9.17) is 5.26 Å². The van der Waals surface area contributed by atoms with Crippen molar-refractivity contribution in [3.63, 3.8) is 0 Å². The number of pyridine rings is 1. The van der Waals surface area contributed by atoms with Crippen LogP contribution < -0.4 is 5.32 Å². The SMILES string of the molecule is N#Cc1cccnc1Nc1ccc(F)c(C(F)(F)F)c1. The summed E-state index contributed by atoms with van der Waals surface area (Å²) in [4.78, 5) is 3.85. The van der Waals surface area contributed by atoms with E-state index in [1.54, 1.807) is 0 Å². The number of benzene rings is 1. The molecule has 0 atom stereocenters. The first-order chi connectivity index (χ1) is 9.41. The van der Waals surface area contributed by atoms with Gasteiger partial charge in [-0.2, -0.15) is 18.4 Å². The topological polar surface area (TPSA) is 48.7 Å². The van der Waals surface area contributed by atoms with Crippen molar-refractivity contribution in [2.45, 2.75) is 6.18 Å². The summed E-state index contributed by atoms with van der Waals surface area (Å²) in [6, 6.07) is 7.31. The minimum absolute atomic E-state index is 0.00562. The highest BCUT2D eigenvalue weighted by atomic mass is 19.4. The lowest BCUT2D eigenvalue weighted by Gasteiger charge is -2.11. The zero-order valence-electron chi connectivity index (χ0n) is 9.87. The van der Waals surface area contributed by atoms with E-state index in [9.17, 15) is 17.6 Å². The van der Waals surface area contributed by atoms with Crippen LogP contribution >= 0.6 is 0 Å². The molecule has 0 radical (unpaired) electrons. The summed E-state index contributed by atoms with van der Waals surface area (Å²) >= 11 is 0. The zero-order chi connectivity index (χ0) is 14.8. The molecule has 0 fully saturated rings. The van der Waals surface area contributed by atoms with Crippen LogP contribution in [0.4, 0.5) is 29.1 Å². The Morgan fingerprint density at radius 1 is 1.20 bits per heavy atom. The Hall–Kier alpha value is -2.62. The van der Waals surface area contributed by atoms with E-state index in [1.807, 2.05) is 6.07 Å². The van der Waals surface area contributed by atoms with Gasteiger partial charge in [0.05, 0.1) is 11.1 Å². The minimum atomic E-state index is -4.79. The predicted molar refractivity (Wildman–Crippen MR) is 63.6 cm³/mol. The lowest BCUT2D eigenvalue weighted by molar-refractivity contribution is -0.139. The van der Waals surface area contributed by atoms with Crippen molar-refractivity contribution in [1.82, 2.24) is 4.98 Å². The van der Waals surface area contributed by atoms with Crippen LogP contribution in [0.15, 0.2) is 36.5 Å². The number of nitrogens with one attached hydrogen (secondary N) is 1. The second kappa shape index (κ2) is 5.17. The molecule has 1 heterocycles. The third-order valence-electron chi connectivity index (χ3n) is 2.46. The van der Waals surface area contributed by atoms with Crippen LogP contribution in [-0.2, 0) is 6.18 Å². The van der Waals surface area contributed by atoms with Gasteiger partial charge in [-0.25, -0.2) is 9.37 Å². The number of alkyl halides is 3. The maximum absolute atomic E-state index is 13.1. The average Bonchev–Trinajstić information content (AvgIpc) is 2.40. The Morgan fingerprint density at radius 3 is 2.60 bits per heavy atom. The molecule has 2 aromatic rings. The summed E-state index contributed by atoms with van der Waals surface area (Å²) in [5, 5.41) is 11.4. The number of aromatic nitrogens is 1. The smallest absolute Gasteiger partial charge is 0.339 e. The molecule has 0 aliphatic rings. The number of halogens is 4. The molecular formula is C13H7F4N3.